The van der Waals surface area contributed by atoms with E-state index in [1.807, 2.05) is 79.3 Å². The maximum absolute atomic E-state index is 13.4. The Morgan fingerprint density at radius 1 is 0.906 bits per heavy atom. The fraction of sp³-hybridized carbons (Fsp3) is 0.308. The van der Waals surface area contributed by atoms with E-state index in [9.17, 15) is 9.59 Å². The number of ether oxygens (including phenoxy) is 1. The van der Waals surface area contributed by atoms with Crippen LogP contribution in [0.1, 0.15) is 27.2 Å². The molecule has 0 spiro atoms. The Kier molecular flexibility index (Phi) is 8.22. The molecule has 0 saturated carbocycles. The predicted molar refractivity (Wildman–Crippen MR) is 125 cm³/mol. The fourth-order valence-corrected chi connectivity index (χ4v) is 3.49. The number of amides is 2. The largest absolute Gasteiger partial charge is 0.383 e. The van der Waals surface area contributed by atoms with Gasteiger partial charge in [-0.05, 0) is 36.8 Å². The molecule has 0 aliphatic rings. The Bertz CT molecular complexity index is 1010. The third-order valence-corrected chi connectivity index (χ3v) is 5.45. The van der Waals surface area contributed by atoms with Crippen LogP contribution in [0.2, 0.25) is 0 Å². The van der Waals surface area contributed by atoms with Crippen molar-refractivity contribution in [1.82, 2.24) is 14.4 Å². The van der Waals surface area contributed by atoms with Crippen LogP contribution in [0, 0.1) is 6.92 Å². The molecule has 0 aliphatic heterocycles. The Labute approximate surface area is 190 Å². The SMILES string of the molecule is COCCN(CC(=O)N(Cc1ccccc1)Cc1cccn1C)C(=O)c1ccc(C)cc1. The fourth-order valence-electron chi connectivity index (χ4n) is 3.49. The minimum absolute atomic E-state index is 0.00662. The third-order valence-electron chi connectivity index (χ3n) is 5.45. The van der Waals surface area contributed by atoms with E-state index in [1.54, 1.807) is 29.0 Å². The summed E-state index contributed by atoms with van der Waals surface area (Å²) < 4.78 is 7.20. The minimum Gasteiger partial charge on any atom is -0.383 e. The lowest BCUT2D eigenvalue weighted by molar-refractivity contribution is -0.133. The molecule has 0 N–H and O–H groups in total. The zero-order chi connectivity index (χ0) is 22.9. The van der Waals surface area contributed by atoms with E-state index in [0.29, 0.717) is 31.8 Å². The number of aryl methyl sites for hydroxylation is 2. The molecular formula is C26H31N3O3. The smallest absolute Gasteiger partial charge is 0.254 e. The molecule has 0 unspecified atom stereocenters. The summed E-state index contributed by atoms with van der Waals surface area (Å²) in [6.45, 7) is 3.62. The van der Waals surface area contributed by atoms with Crippen LogP contribution in [0.4, 0.5) is 0 Å². The first-order valence-electron chi connectivity index (χ1n) is 10.7. The summed E-state index contributed by atoms with van der Waals surface area (Å²) in [4.78, 5) is 29.9. The molecule has 3 aromatic rings. The Balaban J connectivity index is 1.80. The number of hydrogen-bond acceptors (Lipinski definition) is 3. The van der Waals surface area contributed by atoms with Crippen molar-refractivity contribution in [2.75, 3.05) is 26.8 Å². The summed E-state index contributed by atoms with van der Waals surface area (Å²) in [5.41, 5.74) is 3.72. The van der Waals surface area contributed by atoms with Gasteiger partial charge in [0, 0.05) is 44.7 Å². The van der Waals surface area contributed by atoms with E-state index < -0.39 is 0 Å². The first-order valence-corrected chi connectivity index (χ1v) is 10.7. The van der Waals surface area contributed by atoms with Crippen LogP contribution < -0.4 is 0 Å². The summed E-state index contributed by atoms with van der Waals surface area (Å²) in [6.07, 6.45) is 1.96. The molecule has 6 nitrogen and oxygen atoms in total. The van der Waals surface area contributed by atoms with Crippen LogP contribution in [0.15, 0.2) is 72.9 Å². The van der Waals surface area contributed by atoms with Crippen molar-refractivity contribution in [1.29, 1.82) is 0 Å². The Hall–Kier alpha value is -3.38. The molecule has 6 heteroatoms. The lowest BCUT2D eigenvalue weighted by Crippen LogP contribution is -2.44. The normalized spacial score (nSPS) is 10.7. The Morgan fingerprint density at radius 2 is 1.62 bits per heavy atom. The predicted octanol–water partition coefficient (Wildman–Crippen LogP) is 3.65. The van der Waals surface area contributed by atoms with Crippen LogP contribution in [-0.2, 0) is 29.7 Å². The third kappa shape index (κ3) is 6.31. The van der Waals surface area contributed by atoms with Crippen molar-refractivity contribution < 1.29 is 14.3 Å². The molecule has 0 atom stereocenters. The highest BCUT2D eigenvalue weighted by Crippen LogP contribution is 2.13. The average molecular weight is 434 g/mol. The highest BCUT2D eigenvalue weighted by atomic mass is 16.5. The van der Waals surface area contributed by atoms with Crippen molar-refractivity contribution in [2.24, 2.45) is 7.05 Å². The number of carbonyl (C=O) groups is 2. The number of nitrogens with zero attached hydrogens (tertiary/aromatic N) is 3. The van der Waals surface area contributed by atoms with Gasteiger partial charge in [-0.3, -0.25) is 9.59 Å². The van der Waals surface area contributed by atoms with Gasteiger partial charge in [0.05, 0.1) is 13.2 Å². The van der Waals surface area contributed by atoms with Crippen molar-refractivity contribution in [3.05, 3.63) is 95.3 Å². The number of carbonyl (C=O) groups excluding carboxylic acids is 2. The number of hydrogen-bond donors (Lipinski definition) is 0. The quantitative estimate of drug-likeness (QED) is 0.490. The van der Waals surface area contributed by atoms with Gasteiger partial charge in [0.15, 0.2) is 0 Å². The molecule has 168 valence electrons. The van der Waals surface area contributed by atoms with E-state index in [4.69, 9.17) is 4.74 Å². The number of aromatic nitrogens is 1. The lowest BCUT2D eigenvalue weighted by Gasteiger charge is -2.28. The van der Waals surface area contributed by atoms with E-state index in [2.05, 4.69) is 0 Å². The van der Waals surface area contributed by atoms with Crippen LogP contribution in [0.5, 0.6) is 0 Å². The first kappa shape index (κ1) is 23.3. The number of methoxy groups -OCH3 is 1. The van der Waals surface area contributed by atoms with Crippen LogP contribution >= 0.6 is 0 Å². The van der Waals surface area contributed by atoms with Crippen molar-refractivity contribution in [3.8, 4) is 0 Å². The second-order valence-corrected chi connectivity index (χ2v) is 7.93. The van der Waals surface area contributed by atoms with Gasteiger partial charge in [-0.15, -0.1) is 0 Å². The van der Waals surface area contributed by atoms with Gasteiger partial charge in [0.2, 0.25) is 5.91 Å². The summed E-state index contributed by atoms with van der Waals surface area (Å²) in [5.74, 6) is -0.277. The highest BCUT2D eigenvalue weighted by Gasteiger charge is 2.23. The van der Waals surface area contributed by atoms with Crippen LogP contribution in [-0.4, -0.2) is 53.0 Å². The molecule has 32 heavy (non-hydrogen) atoms. The Morgan fingerprint density at radius 3 is 2.25 bits per heavy atom. The molecule has 2 aromatic carbocycles. The molecule has 1 aromatic heterocycles. The summed E-state index contributed by atoms with van der Waals surface area (Å²) in [5, 5.41) is 0. The van der Waals surface area contributed by atoms with Crippen molar-refractivity contribution in [2.45, 2.75) is 20.0 Å². The summed E-state index contributed by atoms with van der Waals surface area (Å²) in [7, 11) is 3.56. The maximum Gasteiger partial charge on any atom is 0.254 e. The summed E-state index contributed by atoms with van der Waals surface area (Å²) >= 11 is 0. The lowest BCUT2D eigenvalue weighted by atomic mass is 10.1. The van der Waals surface area contributed by atoms with Gasteiger partial charge in [-0.2, -0.15) is 0 Å². The molecule has 0 saturated heterocycles. The average Bonchev–Trinajstić information content (AvgIpc) is 3.21. The number of benzene rings is 2. The van der Waals surface area contributed by atoms with Crippen LogP contribution in [0.3, 0.4) is 0 Å². The standard InChI is InChI=1S/C26H31N3O3/c1-21-11-13-23(14-12-21)26(31)28(16-17-32-3)20-25(30)29(18-22-8-5-4-6-9-22)19-24-10-7-15-27(24)2/h4-15H,16-20H2,1-3H3. The molecular weight excluding hydrogens is 402 g/mol. The maximum atomic E-state index is 13.4. The zero-order valence-electron chi connectivity index (χ0n) is 19.0. The minimum atomic E-state index is -0.172. The van der Waals surface area contributed by atoms with Gasteiger partial charge < -0.3 is 19.1 Å². The van der Waals surface area contributed by atoms with Gasteiger partial charge >= 0.3 is 0 Å². The van der Waals surface area contributed by atoms with Gasteiger partial charge in [0.25, 0.3) is 5.91 Å². The molecule has 0 radical (unpaired) electrons. The summed E-state index contributed by atoms with van der Waals surface area (Å²) in [6, 6.07) is 21.3. The highest BCUT2D eigenvalue weighted by molar-refractivity contribution is 5.96. The van der Waals surface area contributed by atoms with E-state index in [0.717, 1.165) is 16.8 Å². The van der Waals surface area contributed by atoms with E-state index in [-0.39, 0.29) is 18.4 Å². The molecule has 1 heterocycles. The van der Waals surface area contributed by atoms with Crippen molar-refractivity contribution in [3.63, 3.8) is 0 Å². The monoisotopic (exact) mass is 433 g/mol. The van der Waals surface area contributed by atoms with Gasteiger partial charge in [0.1, 0.15) is 6.54 Å². The zero-order valence-corrected chi connectivity index (χ0v) is 19.0. The van der Waals surface area contributed by atoms with Crippen molar-refractivity contribution >= 4 is 11.8 Å². The molecule has 2 amide bonds. The second-order valence-electron chi connectivity index (χ2n) is 7.93. The molecule has 0 aliphatic carbocycles. The topological polar surface area (TPSA) is 54.8 Å². The van der Waals surface area contributed by atoms with Gasteiger partial charge in [-0.25, -0.2) is 0 Å². The van der Waals surface area contributed by atoms with E-state index >= 15 is 0 Å². The molecule has 0 bridgehead atoms. The van der Waals surface area contributed by atoms with Gasteiger partial charge in [-0.1, -0.05) is 48.0 Å². The molecule has 0 fully saturated rings. The van der Waals surface area contributed by atoms with Crippen LogP contribution in [0.25, 0.3) is 0 Å². The molecule has 3 rings (SSSR count). The first-order chi connectivity index (χ1) is 15.5. The van der Waals surface area contributed by atoms with E-state index in [1.165, 1.54) is 0 Å². The number of rotatable bonds is 10. The second kappa shape index (κ2) is 11.3.